The minimum Gasteiger partial charge on any atom is -0.414 e. The lowest BCUT2D eigenvalue weighted by molar-refractivity contribution is 0.128. The molecule has 4 nitrogen and oxygen atoms in total. The summed E-state index contributed by atoms with van der Waals surface area (Å²) in [7, 11) is 1.63. The van der Waals surface area contributed by atoms with Crippen LogP contribution in [0, 0.1) is 5.41 Å². The molecule has 0 bridgehead atoms. The lowest BCUT2D eigenvalue weighted by atomic mass is 10.3. The molecule has 0 aliphatic heterocycles. The topological polar surface area (TPSA) is 71.1 Å². The SMILES string of the molecule is CNO/C(C)=C/C(N)=C(Cl)C=N. The fraction of sp³-hybridized carbons (Fsp3) is 0.286. The fourth-order valence-electron chi connectivity index (χ4n) is 0.562. The molecule has 68 valence electrons. The first-order valence-corrected chi connectivity index (χ1v) is 3.67. The Balaban J connectivity index is 4.41. The molecule has 0 spiro atoms. The van der Waals surface area contributed by atoms with Crippen LogP contribution in [0.4, 0.5) is 0 Å². The standard InChI is InChI=1S/C7H12ClN3O/c1-5(12-11-2)3-7(10)6(8)4-9/h3-4,9,11H,10H2,1-2H3/b5-3+,7-6?,9-4?. The number of halogens is 1. The van der Waals surface area contributed by atoms with Crippen LogP contribution in [0.25, 0.3) is 0 Å². The van der Waals surface area contributed by atoms with Gasteiger partial charge in [-0.15, -0.1) is 0 Å². The Hall–Kier alpha value is -1.00. The molecule has 5 heteroatoms. The molecule has 0 aromatic heterocycles. The van der Waals surface area contributed by atoms with Crippen molar-refractivity contribution in [3.8, 4) is 0 Å². The van der Waals surface area contributed by atoms with Crippen molar-refractivity contribution in [3.63, 3.8) is 0 Å². The third-order valence-corrected chi connectivity index (χ3v) is 1.35. The van der Waals surface area contributed by atoms with Gasteiger partial charge in [-0.05, 0) is 6.92 Å². The second-order valence-electron chi connectivity index (χ2n) is 2.01. The predicted molar refractivity (Wildman–Crippen MR) is 49.8 cm³/mol. The van der Waals surface area contributed by atoms with E-state index in [1.54, 1.807) is 14.0 Å². The minimum atomic E-state index is 0.189. The second kappa shape index (κ2) is 5.62. The van der Waals surface area contributed by atoms with E-state index in [-0.39, 0.29) is 5.03 Å². The number of nitrogens with one attached hydrogen (secondary N) is 2. The highest BCUT2D eigenvalue weighted by Crippen LogP contribution is 2.05. The van der Waals surface area contributed by atoms with E-state index in [2.05, 4.69) is 5.48 Å². The van der Waals surface area contributed by atoms with Gasteiger partial charge in [0.25, 0.3) is 0 Å². The highest BCUT2D eigenvalue weighted by atomic mass is 35.5. The minimum absolute atomic E-state index is 0.189. The molecular weight excluding hydrogens is 178 g/mol. The van der Waals surface area contributed by atoms with Gasteiger partial charge >= 0.3 is 0 Å². The van der Waals surface area contributed by atoms with Crippen LogP contribution in [0.2, 0.25) is 0 Å². The summed E-state index contributed by atoms with van der Waals surface area (Å²) in [5.41, 5.74) is 8.26. The Morgan fingerprint density at radius 2 is 2.25 bits per heavy atom. The van der Waals surface area contributed by atoms with E-state index in [1.807, 2.05) is 0 Å². The van der Waals surface area contributed by atoms with Gasteiger partial charge < -0.3 is 16.0 Å². The molecule has 0 aliphatic rings. The van der Waals surface area contributed by atoms with E-state index >= 15 is 0 Å². The van der Waals surface area contributed by atoms with Crippen molar-refractivity contribution < 1.29 is 4.84 Å². The maximum atomic E-state index is 6.80. The molecule has 0 amide bonds. The van der Waals surface area contributed by atoms with Crippen molar-refractivity contribution in [3.05, 3.63) is 22.6 Å². The van der Waals surface area contributed by atoms with Gasteiger partial charge in [-0.3, -0.25) is 0 Å². The number of rotatable bonds is 4. The number of allylic oxidation sites excluding steroid dienone is 3. The van der Waals surface area contributed by atoms with Gasteiger partial charge in [0.2, 0.25) is 0 Å². The maximum absolute atomic E-state index is 6.80. The first kappa shape index (κ1) is 11.0. The molecule has 4 N–H and O–H groups in total. The van der Waals surface area contributed by atoms with Gasteiger partial charge in [-0.25, -0.2) is 0 Å². The third kappa shape index (κ3) is 4.00. The van der Waals surface area contributed by atoms with Crippen molar-refractivity contribution in [2.45, 2.75) is 6.92 Å². The van der Waals surface area contributed by atoms with Crippen LogP contribution in [0.1, 0.15) is 6.92 Å². The molecule has 0 heterocycles. The van der Waals surface area contributed by atoms with E-state index < -0.39 is 0 Å². The molecule has 12 heavy (non-hydrogen) atoms. The number of hydrogen-bond acceptors (Lipinski definition) is 4. The summed E-state index contributed by atoms with van der Waals surface area (Å²) in [6, 6.07) is 0. The highest BCUT2D eigenvalue weighted by molar-refractivity contribution is 6.39. The van der Waals surface area contributed by atoms with E-state index in [4.69, 9.17) is 27.6 Å². The lowest BCUT2D eigenvalue weighted by Gasteiger charge is -2.02. The molecule has 0 radical (unpaired) electrons. The van der Waals surface area contributed by atoms with Crippen molar-refractivity contribution in [1.82, 2.24) is 5.48 Å². The quantitative estimate of drug-likeness (QED) is 0.269. The van der Waals surface area contributed by atoms with Crippen LogP contribution in [0.5, 0.6) is 0 Å². The van der Waals surface area contributed by atoms with Crippen molar-refractivity contribution in [2.75, 3.05) is 7.05 Å². The Bertz CT molecular complexity index is 223. The molecule has 0 aromatic carbocycles. The molecule has 0 unspecified atom stereocenters. The fourth-order valence-corrected chi connectivity index (χ4v) is 0.616. The van der Waals surface area contributed by atoms with E-state index in [0.29, 0.717) is 11.5 Å². The van der Waals surface area contributed by atoms with Crippen LogP contribution in [-0.4, -0.2) is 13.3 Å². The zero-order valence-electron chi connectivity index (χ0n) is 7.02. The lowest BCUT2D eigenvalue weighted by Crippen LogP contribution is -2.06. The molecule has 0 aliphatic carbocycles. The monoisotopic (exact) mass is 189 g/mol. The summed E-state index contributed by atoms with van der Waals surface area (Å²) in [5.74, 6) is 0.579. The average Bonchev–Trinajstić information content (AvgIpc) is 2.03. The van der Waals surface area contributed by atoms with E-state index in [9.17, 15) is 0 Å². The predicted octanol–water partition coefficient (Wildman–Crippen LogP) is 1.10. The molecule has 0 fully saturated rings. The average molecular weight is 190 g/mol. The normalized spacial score (nSPS) is 13.8. The number of hydrogen-bond donors (Lipinski definition) is 3. The Morgan fingerprint density at radius 3 is 2.67 bits per heavy atom. The van der Waals surface area contributed by atoms with Gasteiger partial charge in [0.05, 0.1) is 10.7 Å². The molecular formula is C7H12ClN3O. The van der Waals surface area contributed by atoms with E-state index in [0.717, 1.165) is 6.21 Å². The van der Waals surface area contributed by atoms with Gasteiger partial charge in [-0.2, -0.15) is 5.48 Å². The van der Waals surface area contributed by atoms with Crippen LogP contribution >= 0.6 is 11.6 Å². The third-order valence-electron chi connectivity index (χ3n) is 1.02. The number of hydroxylamine groups is 1. The Kier molecular flexibility index (Phi) is 5.16. The Morgan fingerprint density at radius 1 is 1.67 bits per heavy atom. The summed E-state index contributed by atoms with van der Waals surface area (Å²) in [5, 5.41) is 6.99. The molecule has 0 rings (SSSR count). The summed E-state index contributed by atoms with van der Waals surface area (Å²) >= 11 is 5.55. The largest absolute Gasteiger partial charge is 0.414 e. The second-order valence-corrected chi connectivity index (χ2v) is 2.42. The van der Waals surface area contributed by atoms with Crippen molar-refractivity contribution in [2.24, 2.45) is 5.73 Å². The maximum Gasteiger partial charge on any atom is 0.123 e. The van der Waals surface area contributed by atoms with Gasteiger partial charge in [0.15, 0.2) is 0 Å². The molecule has 0 saturated heterocycles. The Labute approximate surface area is 76.5 Å². The van der Waals surface area contributed by atoms with Crippen molar-refractivity contribution >= 4 is 17.8 Å². The highest BCUT2D eigenvalue weighted by Gasteiger charge is 1.95. The van der Waals surface area contributed by atoms with Crippen LogP contribution in [0.3, 0.4) is 0 Å². The van der Waals surface area contributed by atoms with Gasteiger partial charge in [0.1, 0.15) is 5.76 Å². The molecule has 0 atom stereocenters. The zero-order chi connectivity index (χ0) is 9.56. The summed E-state index contributed by atoms with van der Waals surface area (Å²) in [6.45, 7) is 1.72. The smallest absolute Gasteiger partial charge is 0.123 e. The first-order valence-electron chi connectivity index (χ1n) is 3.29. The molecule has 0 saturated carbocycles. The van der Waals surface area contributed by atoms with Crippen LogP contribution in [0.15, 0.2) is 22.6 Å². The summed E-state index contributed by atoms with van der Waals surface area (Å²) in [6.07, 6.45) is 2.50. The van der Waals surface area contributed by atoms with E-state index in [1.165, 1.54) is 6.08 Å². The van der Waals surface area contributed by atoms with Gasteiger partial charge in [0, 0.05) is 19.3 Å². The summed E-state index contributed by atoms with van der Waals surface area (Å²) < 4.78 is 0. The van der Waals surface area contributed by atoms with Gasteiger partial charge in [-0.1, -0.05) is 11.6 Å². The zero-order valence-corrected chi connectivity index (χ0v) is 7.77. The first-order chi connectivity index (χ1) is 5.61. The van der Waals surface area contributed by atoms with Crippen LogP contribution in [-0.2, 0) is 4.84 Å². The summed E-state index contributed by atoms with van der Waals surface area (Å²) in [4.78, 5) is 4.87. The number of nitrogens with two attached hydrogens (primary N) is 1. The van der Waals surface area contributed by atoms with Crippen molar-refractivity contribution in [1.29, 1.82) is 5.41 Å². The van der Waals surface area contributed by atoms with Crippen LogP contribution < -0.4 is 11.2 Å². The molecule has 0 aromatic rings.